The van der Waals surface area contributed by atoms with E-state index in [1.165, 1.54) is 0 Å². The molecule has 1 fully saturated rings. The predicted molar refractivity (Wildman–Crippen MR) is 81.0 cm³/mol. The highest BCUT2D eigenvalue weighted by Crippen LogP contribution is 2.25. The summed E-state index contributed by atoms with van der Waals surface area (Å²) in [6, 6.07) is 1.30. The molecule has 0 bridgehead atoms. The van der Waals surface area contributed by atoms with Crippen LogP contribution in [-0.4, -0.2) is 29.6 Å². The second-order valence-corrected chi connectivity index (χ2v) is 5.98. The van der Waals surface area contributed by atoms with Crippen molar-refractivity contribution in [3.63, 3.8) is 0 Å². The molecule has 0 atom stereocenters. The van der Waals surface area contributed by atoms with Crippen LogP contribution in [0, 0.1) is 17.6 Å². The van der Waals surface area contributed by atoms with E-state index < -0.39 is 23.4 Å². The fourth-order valence-corrected chi connectivity index (χ4v) is 2.74. The van der Waals surface area contributed by atoms with Crippen molar-refractivity contribution in [3.8, 4) is 0 Å². The Kier molecular flexibility index (Phi) is 5.90. The maximum absolute atomic E-state index is 13.1. The lowest BCUT2D eigenvalue weighted by molar-refractivity contribution is -0.136. The molecule has 1 aromatic rings. The van der Waals surface area contributed by atoms with Crippen LogP contribution in [-0.2, 0) is 9.59 Å². The smallest absolute Gasteiger partial charge is 0.313 e. The molecule has 0 unspecified atom stereocenters. The fourth-order valence-electron chi connectivity index (χ4n) is 2.54. The lowest BCUT2D eigenvalue weighted by atomic mass is 9.86. The lowest BCUT2D eigenvalue weighted by Crippen LogP contribution is -2.43. The molecule has 0 aliphatic heterocycles. The van der Waals surface area contributed by atoms with Gasteiger partial charge in [0.1, 0.15) is 0 Å². The Morgan fingerprint density at radius 3 is 2.35 bits per heavy atom. The number of hydrogen-bond donors (Lipinski definition) is 3. The van der Waals surface area contributed by atoms with Gasteiger partial charge in [-0.25, -0.2) is 8.78 Å². The molecule has 5 nitrogen and oxygen atoms in total. The van der Waals surface area contributed by atoms with Gasteiger partial charge in [0, 0.05) is 18.7 Å². The fraction of sp³-hybridized carbons (Fsp3) is 0.467. The average Bonchev–Trinajstić information content (AvgIpc) is 2.53. The molecule has 1 aliphatic carbocycles. The minimum Gasteiger partial charge on any atom is -0.396 e. The third kappa shape index (κ3) is 4.62. The Hall–Kier alpha value is -1.73. The van der Waals surface area contributed by atoms with Crippen molar-refractivity contribution in [1.82, 2.24) is 5.32 Å². The highest BCUT2D eigenvalue weighted by Gasteiger charge is 2.24. The number of rotatable bonds is 3. The van der Waals surface area contributed by atoms with Crippen molar-refractivity contribution in [2.24, 2.45) is 5.92 Å². The number of aliphatic hydroxyl groups excluding tert-OH is 1. The summed E-state index contributed by atoms with van der Waals surface area (Å²) >= 11 is 5.70. The van der Waals surface area contributed by atoms with Crippen LogP contribution in [0.15, 0.2) is 12.1 Å². The van der Waals surface area contributed by atoms with Gasteiger partial charge < -0.3 is 15.7 Å². The molecule has 8 heteroatoms. The summed E-state index contributed by atoms with van der Waals surface area (Å²) in [5.41, 5.74) is -0.172. The first-order valence-electron chi connectivity index (χ1n) is 7.28. The number of benzene rings is 1. The van der Waals surface area contributed by atoms with E-state index in [-0.39, 0.29) is 29.3 Å². The van der Waals surface area contributed by atoms with Gasteiger partial charge in [-0.1, -0.05) is 11.6 Å². The minimum atomic E-state index is -1.17. The van der Waals surface area contributed by atoms with Gasteiger partial charge >= 0.3 is 11.8 Å². The van der Waals surface area contributed by atoms with Gasteiger partial charge in [-0.3, -0.25) is 9.59 Å². The molecule has 2 rings (SSSR count). The molecule has 2 amide bonds. The van der Waals surface area contributed by atoms with Crippen LogP contribution < -0.4 is 10.6 Å². The van der Waals surface area contributed by atoms with Gasteiger partial charge in [-0.15, -0.1) is 0 Å². The molecule has 126 valence electrons. The first-order chi connectivity index (χ1) is 10.9. The van der Waals surface area contributed by atoms with E-state index >= 15 is 0 Å². The second-order valence-electron chi connectivity index (χ2n) is 5.57. The zero-order chi connectivity index (χ0) is 17.0. The van der Waals surface area contributed by atoms with Crippen molar-refractivity contribution in [2.75, 3.05) is 11.9 Å². The standard InChI is InChI=1S/C15H17ClF2N2O3/c16-10-5-11(17)12(18)6-13(10)20-15(23)14(22)19-9-3-1-8(7-21)2-4-9/h5-6,8-9,21H,1-4,7H2,(H,19,22)(H,20,23). The monoisotopic (exact) mass is 346 g/mol. The normalized spacial score (nSPS) is 20.9. The topological polar surface area (TPSA) is 78.4 Å². The van der Waals surface area contributed by atoms with Crippen molar-refractivity contribution >= 4 is 29.1 Å². The summed E-state index contributed by atoms with van der Waals surface area (Å²) in [5.74, 6) is -3.94. The van der Waals surface area contributed by atoms with Gasteiger partial charge in [0.2, 0.25) is 0 Å². The summed E-state index contributed by atoms with van der Waals surface area (Å²) in [4.78, 5) is 23.7. The Morgan fingerprint density at radius 1 is 1.13 bits per heavy atom. The van der Waals surface area contributed by atoms with Crippen molar-refractivity contribution in [2.45, 2.75) is 31.7 Å². The van der Waals surface area contributed by atoms with E-state index in [1.807, 2.05) is 0 Å². The summed E-state index contributed by atoms with van der Waals surface area (Å²) < 4.78 is 26.1. The minimum absolute atomic E-state index is 0.121. The first kappa shape index (κ1) is 17.6. The average molecular weight is 347 g/mol. The molecule has 1 saturated carbocycles. The van der Waals surface area contributed by atoms with E-state index in [9.17, 15) is 18.4 Å². The number of halogens is 3. The molecule has 0 radical (unpaired) electrons. The van der Waals surface area contributed by atoms with E-state index in [2.05, 4.69) is 10.6 Å². The Balaban J connectivity index is 1.91. The number of hydrogen-bond acceptors (Lipinski definition) is 3. The van der Waals surface area contributed by atoms with E-state index in [0.29, 0.717) is 12.8 Å². The van der Waals surface area contributed by atoms with Crippen LogP contribution >= 0.6 is 11.6 Å². The molecule has 3 N–H and O–H groups in total. The Bertz CT molecular complexity index is 605. The third-order valence-electron chi connectivity index (χ3n) is 3.90. The van der Waals surface area contributed by atoms with Crippen LogP contribution in [0.2, 0.25) is 5.02 Å². The predicted octanol–water partition coefficient (Wildman–Crippen LogP) is 2.22. The lowest BCUT2D eigenvalue weighted by Gasteiger charge is -2.27. The largest absolute Gasteiger partial charge is 0.396 e. The number of nitrogens with one attached hydrogen (secondary N) is 2. The number of aliphatic hydroxyl groups is 1. The number of carbonyl (C=O) groups is 2. The van der Waals surface area contributed by atoms with Crippen LogP contribution in [0.4, 0.5) is 14.5 Å². The molecule has 1 aliphatic rings. The van der Waals surface area contributed by atoms with Crippen LogP contribution in [0.25, 0.3) is 0 Å². The molecule has 0 heterocycles. The number of amides is 2. The van der Waals surface area contributed by atoms with E-state index in [4.69, 9.17) is 16.7 Å². The highest BCUT2D eigenvalue weighted by atomic mass is 35.5. The SMILES string of the molecule is O=C(Nc1cc(F)c(F)cc1Cl)C(=O)NC1CCC(CO)CC1. The summed E-state index contributed by atoms with van der Waals surface area (Å²) in [6.07, 6.45) is 2.91. The summed E-state index contributed by atoms with van der Waals surface area (Å²) in [6.45, 7) is 0.121. The van der Waals surface area contributed by atoms with Crippen molar-refractivity contribution in [3.05, 3.63) is 28.8 Å². The van der Waals surface area contributed by atoms with Crippen LogP contribution in [0.5, 0.6) is 0 Å². The molecule has 1 aromatic carbocycles. The summed E-state index contributed by atoms with van der Waals surface area (Å²) in [5, 5.41) is 13.6. The van der Waals surface area contributed by atoms with Crippen molar-refractivity contribution < 1.29 is 23.5 Å². The Labute approximate surface area is 137 Å². The van der Waals surface area contributed by atoms with Crippen LogP contribution in [0.3, 0.4) is 0 Å². The van der Waals surface area contributed by atoms with Gasteiger partial charge in [0.15, 0.2) is 11.6 Å². The van der Waals surface area contributed by atoms with Crippen LogP contribution in [0.1, 0.15) is 25.7 Å². The molecular formula is C15H17ClF2N2O3. The second kappa shape index (κ2) is 7.70. The third-order valence-corrected chi connectivity index (χ3v) is 4.22. The molecule has 23 heavy (non-hydrogen) atoms. The Morgan fingerprint density at radius 2 is 1.74 bits per heavy atom. The molecule has 0 aromatic heterocycles. The zero-order valence-corrected chi connectivity index (χ0v) is 13.0. The first-order valence-corrected chi connectivity index (χ1v) is 7.65. The van der Waals surface area contributed by atoms with E-state index in [1.54, 1.807) is 0 Å². The zero-order valence-electron chi connectivity index (χ0n) is 12.2. The maximum Gasteiger partial charge on any atom is 0.313 e. The van der Waals surface area contributed by atoms with Gasteiger partial charge in [0.25, 0.3) is 0 Å². The molecular weight excluding hydrogens is 330 g/mol. The maximum atomic E-state index is 13.1. The van der Waals surface area contributed by atoms with Gasteiger partial charge in [-0.05, 0) is 37.7 Å². The van der Waals surface area contributed by atoms with E-state index in [0.717, 1.165) is 25.0 Å². The number of carbonyl (C=O) groups excluding carboxylic acids is 2. The number of anilines is 1. The summed E-state index contributed by atoms with van der Waals surface area (Å²) in [7, 11) is 0. The van der Waals surface area contributed by atoms with Gasteiger partial charge in [-0.2, -0.15) is 0 Å². The quantitative estimate of drug-likeness (QED) is 0.580. The molecule has 0 saturated heterocycles. The van der Waals surface area contributed by atoms with Crippen molar-refractivity contribution in [1.29, 1.82) is 0 Å². The molecule has 0 spiro atoms. The highest BCUT2D eigenvalue weighted by molar-refractivity contribution is 6.41. The van der Waals surface area contributed by atoms with Gasteiger partial charge in [0.05, 0.1) is 10.7 Å².